The van der Waals surface area contributed by atoms with Crippen LogP contribution in [0.3, 0.4) is 0 Å². The lowest BCUT2D eigenvalue weighted by atomic mass is 9.96. The van der Waals surface area contributed by atoms with E-state index >= 15 is 0 Å². The number of nitrogens with one attached hydrogen (secondary N) is 1. The number of rotatable bonds is 5. The molecule has 106 valence electrons. The van der Waals surface area contributed by atoms with E-state index < -0.39 is 5.54 Å². The van der Waals surface area contributed by atoms with Crippen molar-refractivity contribution in [3.05, 3.63) is 16.1 Å². The van der Waals surface area contributed by atoms with Gasteiger partial charge >= 0.3 is 0 Å². The number of carbonyl (C=O) groups excluding carboxylic acids is 1. The van der Waals surface area contributed by atoms with Gasteiger partial charge in [-0.15, -0.1) is 36.2 Å². The lowest BCUT2D eigenvalue weighted by Crippen LogP contribution is -2.51. The van der Waals surface area contributed by atoms with E-state index in [2.05, 4.69) is 10.3 Å². The van der Waals surface area contributed by atoms with Crippen molar-refractivity contribution >= 4 is 42.1 Å². The van der Waals surface area contributed by atoms with Crippen molar-refractivity contribution in [2.75, 3.05) is 0 Å². The molecule has 1 rings (SSSR count). The standard InChI is InChI=1S/C11H19N3OS.2ClH/c1-4-5-11(3,12)10(15)14-7-9-6-13-8(2)16-9;;/h6H,4-5,7,12H2,1-3H3,(H,14,15);2*1H. The Hall–Kier alpha value is -0.360. The van der Waals surface area contributed by atoms with Gasteiger partial charge in [0.25, 0.3) is 0 Å². The van der Waals surface area contributed by atoms with Gasteiger partial charge in [-0.05, 0) is 20.3 Å². The first-order chi connectivity index (χ1) is 7.45. The highest BCUT2D eigenvalue weighted by molar-refractivity contribution is 7.11. The van der Waals surface area contributed by atoms with Gasteiger partial charge in [0.2, 0.25) is 5.91 Å². The van der Waals surface area contributed by atoms with Crippen LogP contribution in [0.1, 0.15) is 36.6 Å². The predicted octanol–water partition coefficient (Wildman–Crippen LogP) is 2.43. The molecule has 0 aliphatic carbocycles. The second-order valence-electron chi connectivity index (χ2n) is 4.20. The minimum atomic E-state index is -0.769. The molecule has 7 heteroatoms. The van der Waals surface area contributed by atoms with Gasteiger partial charge in [-0.1, -0.05) is 13.3 Å². The van der Waals surface area contributed by atoms with E-state index in [0.29, 0.717) is 13.0 Å². The van der Waals surface area contributed by atoms with E-state index in [1.54, 1.807) is 24.5 Å². The lowest BCUT2D eigenvalue weighted by Gasteiger charge is -2.22. The summed E-state index contributed by atoms with van der Waals surface area (Å²) in [6.45, 7) is 6.25. The number of carbonyl (C=O) groups is 1. The van der Waals surface area contributed by atoms with Gasteiger partial charge in [-0.3, -0.25) is 4.79 Å². The summed E-state index contributed by atoms with van der Waals surface area (Å²) in [7, 11) is 0. The highest BCUT2D eigenvalue weighted by atomic mass is 35.5. The third kappa shape index (κ3) is 6.00. The fourth-order valence-electron chi connectivity index (χ4n) is 1.49. The highest BCUT2D eigenvalue weighted by Crippen LogP contribution is 2.12. The number of hydrogen-bond donors (Lipinski definition) is 2. The van der Waals surface area contributed by atoms with Crippen molar-refractivity contribution in [2.45, 2.75) is 45.7 Å². The van der Waals surface area contributed by atoms with Crippen LogP contribution in [-0.2, 0) is 11.3 Å². The molecule has 1 heterocycles. The van der Waals surface area contributed by atoms with Gasteiger partial charge in [0.05, 0.1) is 17.1 Å². The normalized spacial score (nSPS) is 12.9. The van der Waals surface area contributed by atoms with Crippen molar-refractivity contribution < 1.29 is 4.79 Å². The molecule has 0 saturated carbocycles. The SMILES string of the molecule is CCCC(C)(N)C(=O)NCc1cnc(C)s1.Cl.Cl. The van der Waals surface area contributed by atoms with Crippen LogP contribution in [0.4, 0.5) is 0 Å². The first-order valence-corrected chi connectivity index (χ1v) is 6.26. The van der Waals surface area contributed by atoms with Crippen molar-refractivity contribution in [2.24, 2.45) is 5.73 Å². The summed E-state index contributed by atoms with van der Waals surface area (Å²) < 4.78 is 0. The van der Waals surface area contributed by atoms with Crippen LogP contribution in [0.25, 0.3) is 0 Å². The summed E-state index contributed by atoms with van der Waals surface area (Å²) in [5.41, 5.74) is 5.15. The Kier molecular flexibility index (Phi) is 9.64. The predicted molar refractivity (Wildman–Crippen MR) is 80.7 cm³/mol. The lowest BCUT2D eigenvalue weighted by molar-refractivity contribution is -0.126. The number of aryl methyl sites for hydroxylation is 1. The fourth-order valence-corrected chi connectivity index (χ4v) is 2.22. The Morgan fingerprint density at radius 3 is 2.61 bits per heavy atom. The molecule has 1 aromatic heterocycles. The Morgan fingerprint density at radius 1 is 1.56 bits per heavy atom. The molecule has 1 aromatic rings. The Morgan fingerprint density at radius 2 is 2.17 bits per heavy atom. The van der Waals surface area contributed by atoms with Crippen molar-refractivity contribution in [3.63, 3.8) is 0 Å². The summed E-state index contributed by atoms with van der Waals surface area (Å²) in [4.78, 5) is 17.0. The van der Waals surface area contributed by atoms with Crippen LogP contribution < -0.4 is 11.1 Å². The molecular weight excluding hydrogens is 293 g/mol. The van der Waals surface area contributed by atoms with Crippen LogP contribution in [0.15, 0.2) is 6.20 Å². The second kappa shape index (κ2) is 8.69. The van der Waals surface area contributed by atoms with Crippen molar-refractivity contribution in [1.29, 1.82) is 0 Å². The quantitative estimate of drug-likeness (QED) is 0.877. The van der Waals surface area contributed by atoms with Crippen LogP contribution >= 0.6 is 36.2 Å². The van der Waals surface area contributed by atoms with Gasteiger partial charge < -0.3 is 11.1 Å². The molecule has 0 fully saturated rings. The monoisotopic (exact) mass is 313 g/mol. The molecule has 0 aromatic carbocycles. The van der Waals surface area contributed by atoms with E-state index in [4.69, 9.17) is 5.73 Å². The molecule has 0 spiro atoms. The summed E-state index contributed by atoms with van der Waals surface area (Å²) >= 11 is 1.59. The third-order valence-electron chi connectivity index (χ3n) is 2.38. The highest BCUT2D eigenvalue weighted by Gasteiger charge is 2.26. The molecule has 0 aliphatic heterocycles. The molecule has 0 saturated heterocycles. The molecule has 1 atom stereocenters. The molecular formula is C11H21Cl2N3OS. The zero-order valence-electron chi connectivity index (χ0n) is 10.9. The van der Waals surface area contributed by atoms with Gasteiger partial charge in [0, 0.05) is 11.1 Å². The minimum absolute atomic E-state index is 0. The van der Waals surface area contributed by atoms with E-state index in [-0.39, 0.29) is 30.7 Å². The second-order valence-corrected chi connectivity index (χ2v) is 5.52. The van der Waals surface area contributed by atoms with E-state index in [1.807, 2.05) is 13.8 Å². The van der Waals surface area contributed by atoms with E-state index in [1.165, 1.54) is 0 Å². The molecule has 0 aliphatic rings. The van der Waals surface area contributed by atoms with Crippen LogP contribution in [0, 0.1) is 6.92 Å². The Bertz CT molecular complexity index is 369. The van der Waals surface area contributed by atoms with Crippen molar-refractivity contribution in [1.82, 2.24) is 10.3 Å². The van der Waals surface area contributed by atoms with Crippen molar-refractivity contribution in [3.8, 4) is 0 Å². The van der Waals surface area contributed by atoms with Gasteiger partial charge in [-0.25, -0.2) is 4.98 Å². The first-order valence-electron chi connectivity index (χ1n) is 5.44. The third-order valence-corrected chi connectivity index (χ3v) is 3.29. The van der Waals surface area contributed by atoms with Crippen LogP contribution in [0.5, 0.6) is 0 Å². The molecule has 4 nitrogen and oxygen atoms in total. The smallest absolute Gasteiger partial charge is 0.240 e. The maximum atomic E-state index is 11.8. The van der Waals surface area contributed by atoms with Gasteiger partial charge in [0.15, 0.2) is 0 Å². The van der Waals surface area contributed by atoms with Crippen LogP contribution in [-0.4, -0.2) is 16.4 Å². The van der Waals surface area contributed by atoms with Gasteiger partial charge in [-0.2, -0.15) is 0 Å². The summed E-state index contributed by atoms with van der Waals surface area (Å²) in [5.74, 6) is -0.0968. The Balaban J connectivity index is 0. The molecule has 1 unspecified atom stereocenters. The molecule has 0 bridgehead atoms. The Labute approximate surface area is 125 Å². The molecule has 0 radical (unpaired) electrons. The fraction of sp³-hybridized carbons (Fsp3) is 0.636. The first kappa shape index (κ1) is 20.0. The minimum Gasteiger partial charge on any atom is -0.350 e. The average molecular weight is 314 g/mol. The van der Waals surface area contributed by atoms with E-state index in [0.717, 1.165) is 16.3 Å². The zero-order chi connectivity index (χ0) is 12.2. The maximum absolute atomic E-state index is 11.8. The number of halogens is 2. The molecule has 1 amide bonds. The molecule has 18 heavy (non-hydrogen) atoms. The number of nitrogens with zero attached hydrogens (tertiary/aromatic N) is 1. The largest absolute Gasteiger partial charge is 0.350 e. The number of amides is 1. The summed E-state index contributed by atoms with van der Waals surface area (Å²) in [5, 5.41) is 3.85. The van der Waals surface area contributed by atoms with Crippen LogP contribution in [0.2, 0.25) is 0 Å². The van der Waals surface area contributed by atoms with E-state index in [9.17, 15) is 4.79 Å². The summed E-state index contributed by atoms with van der Waals surface area (Å²) in [6.07, 6.45) is 3.38. The topological polar surface area (TPSA) is 68.0 Å². The number of hydrogen-bond acceptors (Lipinski definition) is 4. The molecule has 3 N–H and O–H groups in total. The average Bonchev–Trinajstić information content (AvgIpc) is 2.60. The number of aromatic nitrogens is 1. The number of thiazole rings is 1. The summed E-state index contributed by atoms with van der Waals surface area (Å²) in [6, 6.07) is 0. The maximum Gasteiger partial charge on any atom is 0.240 e. The number of nitrogens with two attached hydrogens (primary N) is 1. The zero-order valence-corrected chi connectivity index (χ0v) is 13.3. The van der Waals surface area contributed by atoms with Gasteiger partial charge in [0.1, 0.15) is 0 Å².